The first-order valence-electron chi connectivity index (χ1n) is 8.82. The number of carbonyl (C=O) groups excluding carboxylic acids is 1. The molecule has 0 rings (SSSR count). The van der Waals surface area contributed by atoms with Crippen LogP contribution < -0.4 is 0 Å². The Balaban J connectivity index is 3.13. The number of hydrogen-bond acceptors (Lipinski definition) is 2. The Morgan fingerprint density at radius 1 is 0.850 bits per heavy atom. The largest absolute Gasteiger partial charge is 0.466 e. The maximum atomic E-state index is 11.4. The molecule has 0 fully saturated rings. The third-order valence-corrected chi connectivity index (χ3v) is 3.67. The Morgan fingerprint density at radius 3 is 1.95 bits per heavy atom. The SMILES string of the molecule is CCCCCCCCCCCOC(=O)CCCC(C)C. The highest BCUT2D eigenvalue weighted by Crippen LogP contribution is 2.10. The Morgan fingerprint density at radius 2 is 1.40 bits per heavy atom. The fourth-order valence-electron chi connectivity index (χ4n) is 2.33. The molecule has 0 aliphatic heterocycles. The molecule has 0 radical (unpaired) electrons. The summed E-state index contributed by atoms with van der Waals surface area (Å²) in [4.78, 5) is 11.4. The lowest BCUT2D eigenvalue weighted by Crippen LogP contribution is -2.06. The molecular weight excluding hydrogens is 248 g/mol. The van der Waals surface area contributed by atoms with Crippen LogP contribution in [0.3, 0.4) is 0 Å². The van der Waals surface area contributed by atoms with Crippen LogP contribution >= 0.6 is 0 Å². The van der Waals surface area contributed by atoms with Crippen LogP contribution in [-0.4, -0.2) is 12.6 Å². The van der Waals surface area contributed by atoms with Crippen molar-refractivity contribution in [3.05, 3.63) is 0 Å². The maximum absolute atomic E-state index is 11.4. The van der Waals surface area contributed by atoms with Crippen LogP contribution in [0.25, 0.3) is 0 Å². The number of esters is 1. The van der Waals surface area contributed by atoms with Gasteiger partial charge in [-0.25, -0.2) is 0 Å². The van der Waals surface area contributed by atoms with E-state index in [1.807, 2.05) is 0 Å². The van der Waals surface area contributed by atoms with Gasteiger partial charge in [0, 0.05) is 6.42 Å². The molecule has 0 aromatic rings. The molecule has 20 heavy (non-hydrogen) atoms. The van der Waals surface area contributed by atoms with Gasteiger partial charge in [0.1, 0.15) is 0 Å². The summed E-state index contributed by atoms with van der Waals surface area (Å²) >= 11 is 0. The van der Waals surface area contributed by atoms with Crippen molar-refractivity contribution in [2.75, 3.05) is 6.61 Å². The lowest BCUT2D eigenvalue weighted by Gasteiger charge is -2.06. The van der Waals surface area contributed by atoms with Crippen LogP contribution in [0.2, 0.25) is 0 Å². The van der Waals surface area contributed by atoms with Crippen molar-refractivity contribution in [1.82, 2.24) is 0 Å². The summed E-state index contributed by atoms with van der Waals surface area (Å²) in [6.45, 7) is 7.25. The molecule has 0 spiro atoms. The van der Waals surface area contributed by atoms with E-state index in [2.05, 4.69) is 20.8 Å². The monoisotopic (exact) mass is 284 g/mol. The van der Waals surface area contributed by atoms with Crippen LogP contribution in [0, 0.1) is 5.92 Å². The second kappa shape index (κ2) is 14.9. The molecule has 0 saturated heterocycles. The highest BCUT2D eigenvalue weighted by molar-refractivity contribution is 5.69. The Labute approximate surface area is 126 Å². The molecule has 0 N–H and O–H groups in total. The number of ether oxygens (including phenoxy) is 1. The minimum absolute atomic E-state index is 0.00906. The van der Waals surface area contributed by atoms with Gasteiger partial charge < -0.3 is 4.74 Å². The Bertz CT molecular complexity index is 211. The van der Waals surface area contributed by atoms with Crippen molar-refractivity contribution in [1.29, 1.82) is 0 Å². The number of hydrogen-bond donors (Lipinski definition) is 0. The van der Waals surface area contributed by atoms with Gasteiger partial charge in [0.2, 0.25) is 0 Å². The first kappa shape index (κ1) is 19.5. The van der Waals surface area contributed by atoms with E-state index in [4.69, 9.17) is 4.74 Å². The molecule has 0 bridgehead atoms. The fourth-order valence-corrected chi connectivity index (χ4v) is 2.33. The van der Waals surface area contributed by atoms with Crippen molar-refractivity contribution in [3.8, 4) is 0 Å². The van der Waals surface area contributed by atoms with Crippen molar-refractivity contribution >= 4 is 5.97 Å². The molecular formula is C18H36O2. The van der Waals surface area contributed by atoms with E-state index in [-0.39, 0.29) is 5.97 Å². The van der Waals surface area contributed by atoms with Gasteiger partial charge in [-0.3, -0.25) is 4.79 Å². The van der Waals surface area contributed by atoms with Crippen molar-refractivity contribution in [3.63, 3.8) is 0 Å². The zero-order valence-electron chi connectivity index (χ0n) is 14.1. The minimum Gasteiger partial charge on any atom is -0.466 e. The molecule has 0 aliphatic rings. The summed E-state index contributed by atoms with van der Waals surface area (Å²) in [5, 5.41) is 0. The predicted octanol–water partition coefficient (Wildman–Crippen LogP) is 5.89. The summed E-state index contributed by atoms with van der Waals surface area (Å²) in [5.41, 5.74) is 0. The Hall–Kier alpha value is -0.530. The summed E-state index contributed by atoms with van der Waals surface area (Å²) in [7, 11) is 0. The number of rotatable bonds is 14. The predicted molar refractivity (Wildman–Crippen MR) is 86.9 cm³/mol. The number of unbranched alkanes of at least 4 members (excludes halogenated alkanes) is 8. The maximum Gasteiger partial charge on any atom is 0.305 e. The van der Waals surface area contributed by atoms with Gasteiger partial charge in [0.15, 0.2) is 0 Å². The quantitative estimate of drug-likeness (QED) is 0.294. The molecule has 0 aromatic heterocycles. The van der Waals surface area contributed by atoms with E-state index in [0.717, 1.165) is 19.3 Å². The van der Waals surface area contributed by atoms with Gasteiger partial charge in [-0.2, -0.15) is 0 Å². The van der Waals surface area contributed by atoms with E-state index in [9.17, 15) is 4.79 Å². The summed E-state index contributed by atoms with van der Waals surface area (Å²) in [6, 6.07) is 0. The topological polar surface area (TPSA) is 26.3 Å². The third kappa shape index (κ3) is 15.5. The molecule has 0 saturated carbocycles. The van der Waals surface area contributed by atoms with Gasteiger partial charge in [0.25, 0.3) is 0 Å². The van der Waals surface area contributed by atoms with Crippen LogP contribution in [0.1, 0.15) is 97.8 Å². The molecule has 0 aromatic carbocycles. The first-order chi connectivity index (χ1) is 9.66. The van der Waals surface area contributed by atoms with Gasteiger partial charge in [0.05, 0.1) is 6.61 Å². The molecule has 0 aliphatic carbocycles. The zero-order chi connectivity index (χ0) is 15.1. The standard InChI is InChI=1S/C18H36O2/c1-4-5-6-7-8-9-10-11-12-16-20-18(19)15-13-14-17(2)3/h17H,4-16H2,1-3H3. The molecule has 120 valence electrons. The van der Waals surface area contributed by atoms with E-state index in [1.165, 1.54) is 51.4 Å². The highest BCUT2D eigenvalue weighted by Gasteiger charge is 2.03. The Kier molecular flexibility index (Phi) is 14.5. The van der Waals surface area contributed by atoms with E-state index in [1.54, 1.807) is 0 Å². The van der Waals surface area contributed by atoms with Crippen LogP contribution in [-0.2, 0) is 9.53 Å². The second-order valence-electron chi connectivity index (χ2n) is 6.33. The summed E-state index contributed by atoms with van der Waals surface area (Å²) < 4.78 is 5.24. The van der Waals surface area contributed by atoms with Gasteiger partial charge in [-0.05, 0) is 18.8 Å². The van der Waals surface area contributed by atoms with Crippen LogP contribution in [0.15, 0.2) is 0 Å². The van der Waals surface area contributed by atoms with Crippen molar-refractivity contribution in [2.24, 2.45) is 5.92 Å². The molecule has 0 amide bonds. The third-order valence-electron chi connectivity index (χ3n) is 3.67. The van der Waals surface area contributed by atoms with Gasteiger partial charge in [-0.1, -0.05) is 78.6 Å². The molecule has 2 nitrogen and oxygen atoms in total. The smallest absolute Gasteiger partial charge is 0.305 e. The normalized spacial score (nSPS) is 11.0. The average molecular weight is 284 g/mol. The molecule has 0 heterocycles. The first-order valence-corrected chi connectivity index (χ1v) is 8.82. The average Bonchev–Trinajstić information content (AvgIpc) is 2.40. The van der Waals surface area contributed by atoms with Crippen molar-refractivity contribution in [2.45, 2.75) is 97.8 Å². The van der Waals surface area contributed by atoms with Crippen molar-refractivity contribution < 1.29 is 9.53 Å². The number of carbonyl (C=O) groups is 1. The van der Waals surface area contributed by atoms with Crippen LogP contribution in [0.5, 0.6) is 0 Å². The lowest BCUT2D eigenvalue weighted by atomic mass is 10.1. The summed E-state index contributed by atoms with van der Waals surface area (Å²) in [5.74, 6) is 0.672. The molecule has 0 atom stereocenters. The highest BCUT2D eigenvalue weighted by atomic mass is 16.5. The molecule has 2 heteroatoms. The van der Waals surface area contributed by atoms with Crippen LogP contribution in [0.4, 0.5) is 0 Å². The second-order valence-corrected chi connectivity index (χ2v) is 6.33. The van der Waals surface area contributed by atoms with Gasteiger partial charge in [-0.15, -0.1) is 0 Å². The lowest BCUT2D eigenvalue weighted by molar-refractivity contribution is -0.143. The van der Waals surface area contributed by atoms with E-state index < -0.39 is 0 Å². The van der Waals surface area contributed by atoms with Gasteiger partial charge >= 0.3 is 5.97 Å². The fraction of sp³-hybridized carbons (Fsp3) is 0.944. The minimum atomic E-state index is -0.00906. The van der Waals surface area contributed by atoms with E-state index >= 15 is 0 Å². The van der Waals surface area contributed by atoms with E-state index in [0.29, 0.717) is 18.9 Å². The summed E-state index contributed by atoms with van der Waals surface area (Å²) in [6.07, 6.45) is 14.4. The zero-order valence-corrected chi connectivity index (χ0v) is 14.1. The molecule has 0 unspecified atom stereocenters.